The van der Waals surface area contributed by atoms with E-state index in [1.54, 1.807) is 11.8 Å². The van der Waals surface area contributed by atoms with E-state index < -0.39 is 22.8 Å². The lowest BCUT2D eigenvalue weighted by molar-refractivity contribution is -0.389. The number of carbonyl (C=O) groups is 2. The monoisotopic (exact) mass is 336 g/mol. The second-order valence-corrected chi connectivity index (χ2v) is 5.25. The predicted molar refractivity (Wildman–Crippen MR) is 85.9 cm³/mol. The first-order valence-corrected chi connectivity index (χ1v) is 7.84. The van der Waals surface area contributed by atoms with Crippen LogP contribution >= 0.6 is 0 Å². The van der Waals surface area contributed by atoms with E-state index in [4.69, 9.17) is 4.74 Å². The second-order valence-electron chi connectivity index (χ2n) is 5.25. The first-order valence-electron chi connectivity index (χ1n) is 7.84. The van der Waals surface area contributed by atoms with Crippen molar-refractivity contribution in [3.8, 4) is 5.75 Å². The molecule has 2 amide bonds. The minimum absolute atomic E-state index is 0.0133. The number of rotatable bonds is 6. The molecule has 130 valence electrons. The summed E-state index contributed by atoms with van der Waals surface area (Å²) < 4.78 is 5.55. The summed E-state index contributed by atoms with van der Waals surface area (Å²) in [5.74, 6) is -0.790. The van der Waals surface area contributed by atoms with Gasteiger partial charge in [-0.3, -0.25) is 14.5 Å². The van der Waals surface area contributed by atoms with Gasteiger partial charge in [0.05, 0.1) is 0 Å². The van der Waals surface area contributed by atoms with Crippen molar-refractivity contribution in [2.24, 2.45) is 0 Å². The zero-order valence-corrected chi connectivity index (χ0v) is 13.9. The number of nitro groups is 1. The van der Waals surface area contributed by atoms with E-state index in [9.17, 15) is 19.7 Å². The Kier molecular flexibility index (Phi) is 5.32. The topological polar surface area (TPSA) is 106 Å². The van der Waals surface area contributed by atoms with Crippen molar-refractivity contribution in [3.05, 3.63) is 22.2 Å². The van der Waals surface area contributed by atoms with E-state index >= 15 is 0 Å². The molecule has 9 heteroatoms. The Hall–Kier alpha value is -2.71. The molecule has 0 spiro atoms. The highest BCUT2D eigenvalue weighted by atomic mass is 16.6. The van der Waals surface area contributed by atoms with Crippen LogP contribution in [0, 0.1) is 10.1 Å². The first-order chi connectivity index (χ1) is 11.4. The van der Waals surface area contributed by atoms with Crippen LogP contribution in [-0.2, 0) is 9.59 Å². The van der Waals surface area contributed by atoms with Gasteiger partial charge in [0.1, 0.15) is 6.54 Å². The van der Waals surface area contributed by atoms with E-state index in [1.807, 2.05) is 13.8 Å². The quantitative estimate of drug-likeness (QED) is 0.573. The fourth-order valence-corrected chi connectivity index (χ4v) is 2.52. The molecule has 2 heterocycles. The molecule has 0 saturated heterocycles. The lowest BCUT2D eigenvalue weighted by Crippen LogP contribution is -2.50. The van der Waals surface area contributed by atoms with Crippen LogP contribution in [0.4, 0.5) is 11.6 Å². The van der Waals surface area contributed by atoms with Gasteiger partial charge in [-0.25, -0.2) is 0 Å². The van der Waals surface area contributed by atoms with Crippen molar-refractivity contribution in [1.82, 2.24) is 9.88 Å². The Bertz CT molecular complexity index is 659. The number of fused-ring (bicyclic) bond motifs is 1. The van der Waals surface area contributed by atoms with Gasteiger partial charge in [-0.2, -0.15) is 0 Å². The lowest BCUT2D eigenvalue weighted by atomic mass is 10.2. The van der Waals surface area contributed by atoms with Gasteiger partial charge in [0.2, 0.25) is 5.91 Å². The summed E-state index contributed by atoms with van der Waals surface area (Å²) in [6.45, 7) is 6.28. The molecule has 0 radical (unpaired) electrons. The number of pyridine rings is 1. The van der Waals surface area contributed by atoms with Crippen LogP contribution in [0.25, 0.3) is 0 Å². The van der Waals surface area contributed by atoms with E-state index in [0.717, 1.165) is 0 Å². The molecule has 0 fully saturated rings. The van der Waals surface area contributed by atoms with Crippen molar-refractivity contribution in [2.75, 3.05) is 24.5 Å². The molecule has 0 N–H and O–H groups in total. The maximum Gasteiger partial charge on any atom is 0.366 e. The normalized spacial score (nSPS) is 16.4. The molecule has 0 aromatic carbocycles. The van der Waals surface area contributed by atoms with E-state index in [-0.39, 0.29) is 24.0 Å². The van der Waals surface area contributed by atoms with Gasteiger partial charge in [0.15, 0.2) is 11.9 Å². The van der Waals surface area contributed by atoms with Crippen LogP contribution in [0.15, 0.2) is 12.1 Å². The summed E-state index contributed by atoms with van der Waals surface area (Å²) in [7, 11) is 0. The van der Waals surface area contributed by atoms with Gasteiger partial charge in [0, 0.05) is 19.2 Å². The van der Waals surface area contributed by atoms with Crippen LogP contribution in [0.5, 0.6) is 5.75 Å². The molecule has 2 rings (SSSR count). The van der Waals surface area contributed by atoms with Crippen LogP contribution in [0.2, 0.25) is 0 Å². The van der Waals surface area contributed by atoms with Gasteiger partial charge in [-0.15, -0.1) is 0 Å². The molecule has 1 unspecified atom stereocenters. The standard InChI is InChI=1S/C15H20N4O5/c1-4-10-15(21)18(9-13(20)17(5-2)6-3)14-11(24-10)7-8-12(16-14)19(22)23/h7-8,10H,4-6,9H2,1-3H3. The Balaban J connectivity index is 2.41. The highest BCUT2D eigenvalue weighted by molar-refractivity contribution is 6.03. The van der Waals surface area contributed by atoms with Gasteiger partial charge in [-0.05, 0) is 36.2 Å². The molecule has 1 atom stereocenters. The van der Waals surface area contributed by atoms with Crippen LogP contribution in [0.3, 0.4) is 0 Å². The number of amides is 2. The summed E-state index contributed by atoms with van der Waals surface area (Å²) in [5.41, 5.74) is 0. The molecule has 1 aliphatic heterocycles. The van der Waals surface area contributed by atoms with Crippen LogP contribution in [0.1, 0.15) is 27.2 Å². The number of anilines is 1. The number of likely N-dealkylation sites (N-methyl/N-ethyl adjacent to an activating group) is 1. The fourth-order valence-electron chi connectivity index (χ4n) is 2.52. The average Bonchev–Trinajstić information content (AvgIpc) is 2.57. The van der Waals surface area contributed by atoms with Crippen molar-refractivity contribution in [1.29, 1.82) is 0 Å². The molecular formula is C15H20N4O5. The summed E-state index contributed by atoms with van der Waals surface area (Å²) in [5, 5.41) is 10.9. The zero-order chi connectivity index (χ0) is 17.9. The zero-order valence-electron chi connectivity index (χ0n) is 13.9. The van der Waals surface area contributed by atoms with Crippen molar-refractivity contribution < 1.29 is 19.2 Å². The molecule has 1 aliphatic rings. The molecule has 9 nitrogen and oxygen atoms in total. The van der Waals surface area contributed by atoms with Crippen LogP contribution in [-0.4, -0.2) is 52.4 Å². The Morgan fingerprint density at radius 1 is 1.38 bits per heavy atom. The smallest absolute Gasteiger partial charge is 0.366 e. The Morgan fingerprint density at radius 3 is 2.58 bits per heavy atom. The third-order valence-corrected chi connectivity index (χ3v) is 3.86. The summed E-state index contributed by atoms with van der Waals surface area (Å²) in [6.07, 6.45) is -0.309. The molecular weight excluding hydrogens is 316 g/mol. The van der Waals surface area contributed by atoms with Crippen molar-refractivity contribution in [2.45, 2.75) is 33.3 Å². The Morgan fingerprint density at radius 2 is 2.04 bits per heavy atom. The second kappa shape index (κ2) is 7.24. The number of aromatic nitrogens is 1. The molecule has 0 bridgehead atoms. The largest absolute Gasteiger partial charge is 0.474 e. The SMILES string of the molecule is CCC1Oc2ccc([N+](=O)[O-])nc2N(CC(=O)N(CC)CC)C1=O. The van der Waals surface area contributed by atoms with Crippen molar-refractivity contribution >= 4 is 23.5 Å². The Labute approximate surface area is 139 Å². The lowest BCUT2D eigenvalue weighted by Gasteiger charge is -2.31. The van der Waals surface area contributed by atoms with Gasteiger partial charge in [0.25, 0.3) is 11.7 Å². The van der Waals surface area contributed by atoms with Gasteiger partial charge < -0.3 is 19.8 Å². The number of carbonyl (C=O) groups excluding carboxylic acids is 2. The van der Waals surface area contributed by atoms with Crippen LogP contribution < -0.4 is 9.64 Å². The van der Waals surface area contributed by atoms with E-state index in [1.165, 1.54) is 17.0 Å². The van der Waals surface area contributed by atoms with E-state index in [2.05, 4.69) is 4.98 Å². The molecule has 0 aliphatic carbocycles. The minimum Gasteiger partial charge on any atom is -0.474 e. The third kappa shape index (κ3) is 3.29. The van der Waals surface area contributed by atoms with Gasteiger partial charge >= 0.3 is 5.82 Å². The molecule has 1 aromatic heterocycles. The highest BCUT2D eigenvalue weighted by Gasteiger charge is 2.39. The third-order valence-electron chi connectivity index (χ3n) is 3.86. The van der Waals surface area contributed by atoms with Gasteiger partial charge in [-0.1, -0.05) is 6.92 Å². The number of nitrogens with zero attached hydrogens (tertiary/aromatic N) is 4. The number of hydrogen-bond acceptors (Lipinski definition) is 6. The average molecular weight is 336 g/mol. The maximum absolute atomic E-state index is 12.6. The summed E-state index contributed by atoms with van der Waals surface area (Å²) >= 11 is 0. The minimum atomic E-state index is -0.731. The highest BCUT2D eigenvalue weighted by Crippen LogP contribution is 2.34. The molecule has 1 aromatic rings. The molecule has 24 heavy (non-hydrogen) atoms. The summed E-state index contributed by atoms with van der Waals surface area (Å²) in [6, 6.07) is 2.62. The predicted octanol–water partition coefficient (Wildman–Crippen LogP) is 1.36. The van der Waals surface area contributed by atoms with E-state index in [0.29, 0.717) is 19.5 Å². The number of hydrogen-bond donors (Lipinski definition) is 0. The first kappa shape index (κ1) is 17.6. The maximum atomic E-state index is 12.6. The fraction of sp³-hybridized carbons (Fsp3) is 0.533. The number of ether oxygens (including phenoxy) is 1. The molecule has 0 saturated carbocycles. The van der Waals surface area contributed by atoms with Crippen molar-refractivity contribution in [3.63, 3.8) is 0 Å². The summed E-state index contributed by atoms with van der Waals surface area (Å²) in [4.78, 5) is 41.9.